The maximum atomic E-state index is 12.5. The highest BCUT2D eigenvalue weighted by molar-refractivity contribution is 5.96. The molecule has 0 saturated heterocycles. The summed E-state index contributed by atoms with van der Waals surface area (Å²) in [5.74, 6) is -0.294. The van der Waals surface area contributed by atoms with Crippen LogP contribution in [0.3, 0.4) is 0 Å². The van der Waals surface area contributed by atoms with Gasteiger partial charge < -0.3 is 9.64 Å². The van der Waals surface area contributed by atoms with Crippen LogP contribution in [-0.2, 0) is 16.0 Å². The van der Waals surface area contributed by atoms with E-state index in [1.165, 1.54) is 13.5 Å². The van der Waals surface area contributed by atoms with Crippen LogP contribution in [0.25, 0.3) is 0 Å². The summed E-state index contributed by atoms with van der Waals surface area (Å²) >= 11 is 0. The SMILES string of the molecule is CCCCCc1cn([C@@H]2c3cc(C(=O)OC)ccc3N(C(C)=O)[C@@H](CC)[C@H]2C)nn1. The number of fused-ring (bicyclic) bond motifs is 1. The number of methoxy groups -OCH3 is 1. The lowest BCUT2D eigenvalue weighted by Gasteiger charge is -2.44. The zero-order valence-corrected chi connectivity index (χ0v) is 18.6. The number of carbonyl (C=O) groups is 2. The molecule has 7 heteroatoms. The molecule has 162 valence electrons. The molecule has 7 nitrogen and oxygen atoms in total. The van der Waals surface area contributed by atoms with E-state index < -0.39 is 5.97 Å². The number of rotatable bonds is 7. The summed E-state index contributed by atoms with van der Waals surface area (Å²) in [7, 11) is 1.37. The van der Waals surface area contributed by atoms with Crippen molar-refractivity contribution in [3.63, 3.8) is 0 Å². The number of esters is 1. The fraction of sp³-hybridized carbons (Fsp3) is 0.565. The highest BCUT2D eigenvalue weighted by Crippen LogP contribution is 2.44. The minimum atomic E-state index is -0.393. The molecule has 30 heavy (non-hydrogen) atoms. The molecule has 0 bridgehead atoms. The van der Waals surface area contributed by atoms with Gasteiger partial charge in [0.2, 0.25) is 5.91 Å². The number of nitrogens with zero attached hydrogens (tertiary/aromatic N) is 4. The Kier molecular flexibility index (Phi) is 6.90. The maximum absolute atomic E-state index is 12.5. The van der Waals surface area contributed by atoms with E-state index in [9.17, 15) is 9.59 Å². The van der Waals surface area contributed by atoms with Crippen molar-refractivity contribution < 1.29 is 14.3 Å². The van der Waals surface area contributed by atoms with Gasteiger partial charge in [-0.15, -0.1) is 5.10 Å². The van der Waals surface area contributed by atoms with E-state index in [0.717, 1.165) is 42.6 Å². The summed E-state index contributed by atoms with van der Waals surface area (Å²) < 4.78 is 6.83. The second kappa shape index (κ2) is 9.41. The van der Waals surface area contributed by atoms with Crippen LogP contribution in [0.4, 0.5) is 5.69 Å². The first kappa shape index (κ1) is 22.0. The van der Waals surface area contributed by atoms with Gasteiger partial charge in [0, 0.05) is 36.3 Å². The van der Waals surface area contributed by atoms with Crippen molar-refractivity contribution in [2.24, 2.45) is 5.92 Å². The van der Waals surface area contributed by atoms with E-state index in [0.29, 0.717) is 5.56 Å². The largest absolute Gasteiger partial charge is 0.465 e. The summed E-state index contributed by atoms with van der Waals surface area (Å²) in [4.78, 5) is 26.6. The van der Waals surface area contributed by atoms with E-state index in [1.54, 1.807) is 13.0 Å². The molecule has 1 aromatic carbocycles. The third-order valence-electron chi connectivity index (χ3n) is 6.10. The predicted molar refractivity (Wildman–Crippen MR) is 116 cm³/mol. The van der Waals surface area contributed by atoms with E-state index in [2.05, 4.69) is 31.1 Å². The summed E-state index contributed by atoms with van der Waals surface area (Å²) in [5, 5.41) is 8.84. The van der Waals surface area contributed by atoms with Crippen LogP contribution in [0.5, 0.6) is 0 Å². The fourth-order valence-electron chi connectivity index (χ4n) is 4.62. The molecule has 0 unspecified atom stereocenters. The van der Waals surface area contributed by atoms with Crippen LogP contribution < -0.4 is 4.90 Å². The molecular weight excluding hydrogens is 380 g/mol. The molecule has 1 aromatic heterocycles. The summed E-state index contributed by atoms with van der Waals surface area (Å²) in [6.45, 7) is 8.01. The lowest BCUT2D eigenvalue weighted by molar-refractivity contribution is -0.117. The number of ether oxygens (including phenoxy) is 1. The van der Waals surface area contributed by atoms with Crippen LogP contribution in [0, 0.1) is 5.92 Å². The maximum Gasteiger partial charge on any atom is 0.337 e. The van der Waals surface area contributed by atoms with Gasteiger partial charge in [0.15, 0.2) is 0 Å². The van der Waals surface area contributed by atoms with Gasteiger partial charge >= 0.3 is 5.97 Å². The van der Waals surface area contributed by atoms with Crippen molar-refractivity contribution in [3.8, 4) is 0 Å². The van der Waals surface area contributed by atoms with Gasteiger partial charge in [-0.25, -0.2) is 9.48 Å². The minimum absolute atomic E-state index is 0.00179. The standard InChI is InChI=1S/C23H32N4O3/c1-6-8-9-10-18-14-26(25-24-18)22-15(3)20(7-2)27(16(4)28)21-12-11-17(13-19(21)22)23(29)30-5/h11-15,20,22H,6-10H2,1-5H3/t15-,20+,22+/m1/s1. The summed E-state index contributed by atoms with van der Waals surface area (Å²) in [6.07, 6.45) is 7.17. The van der Waals surface area contributed by atoms with Crippen molar-refractivity contribution in [2.75, 3.05) is 12.0 Å². The van der Waals surface area contributed by atoms with Gasteiger partial charge in [0.05, 0.1) is 24.4 Å². The molecule has 1 aliphatic heterocycles. The Morgan fingerprint density at radius 1 is 1.20 bits per heavy atom. The smallest absolute Gasteiger partial charge is 0.337 e. The Bertz CT molecular complexity index is 908. The van der Waals surface area contributed by atoms with Crippen molar-refractivity contribution in [3.05, 3.63) is 41.2 Å². The van der Waals surface area contributed by atoms with Crippen molar-refractivity contribution in [1.82, 2.24) is 15.0 Å². The monoisotopic (exact) mass is 412 g/mol. The van der Waals surface area contributed by atoms with Gasteiger partial charge in [-0.05, 0) is 37.5 Å². The number of benzene rings is 1. The number of hydrogen-bond acceptors (Lipinski definition) is 5. The van der Waals surface area contributed by atoms with Gasteiger partial charge in [0.1, 0.15) is 0 Å². The Labute approximate surface area is 178 Å². The molecule has 0 fully saturated rings. The Balaban J connectivity index is 2.09. The second-order valence-electron chi connectivity index (χ2n) is 8.08. The molecule has 0 spiro atoms. The molecule has 0 N–H and O–H groups in total. The molecule has 2 aromatic rings. The molecule has 3 atom stereocenters. The second-order valence-corrected chi connectivity index (χ2v) is 8.08. The quantitative estimate of drug-likeness (QED) is 0.504. The third kappa shape index (κ3) is 4.11. The summed E-state index contributed by atoms with van der Waals surface area (Å²) in [6, 6.07) is 5.33. The molecular formula is C23H32N4O3. The highest BCUT2D eigenvalue weighted by atomic mass is 16.5. The van der Waals surface area contributed by atoms with E-state index >= 15 is 0 Å². The van der Waals surface area contributed by atoms with E-state index in [4.69, 9.17) is 4.74 Å². The number of hydrogen-bond donors (Lipinski definition) is 0. The number of aromatic nitrogens is 3. The zero-order chi connectivity index (χ0) is 21.8. The summed E-state index contributed by atoms with van der Waals surface area (Å²) in [5.41, 5.74) is 3.17. The lowest BCUT2D eigenvalue weighted by Crippen LogP contribution is -2.49. The van der Waals surface area contributed by atoms with Crippen molar-refractivity contribution >= 4 is 17.6 Å². The first-order valence-corrected chi connectivity index (χ1v) is 10.9. The van der Waals surface area contributed by atoms with E-state index in [-0.39, 0.29) is 23.9 Å². The molecule has 2 heterocycles. The average molecular weight is 413 g/mol. The van der Waals surface area contributed by atoms with Crippen molar-refractivity contribution in [1.29, 1.82) is 0 Å². The van der Waals surface area contributed by atoms with Crippen molar-refractivity contribution in [2.45, 2.75) is 71.9 Å². The average Bonchev–Trinajstić information content (AvgIpc) is 3.20. The first-order chi connectivity index (χ1) is 14.4. The van der Waals surface area contributed by atoms with Crippen LogP contribution in [0.2, 0.25) is 0 Å². The molecule has 1 amide bonds. The minimum Gasteiger partial charge on any atom is -0.465 e. The number of aryl methyl sites for hydroxylation is 1. The van der Waals surface area contributed by atoms with Crippen LogP contribution >= 0.6 is 0 Å². The number of amides is 1. The third-order valence-corrected chi connectivity index (χ3v) is 6.10. The number of carbonyl (C=O) groups excluding carboxylic acids is 2. The van der Waals surface area contributed by atoms with Gasteiger partial charge in [-0.2, -0.15) is 0 Å². The van der Waals surface area contributed by atoms with Crippen LogP contribution in [0.15, 0.2) is 24.4 Å². The molecule has 0 aliphatic carbocycles. The fourth-order valence-corrected chi connectivity index (χ4v) is 4.62. The highest BCUT2D eigenvalue weighted by Gasteiger charge is 2.41. The molecule has 0 radical (unpaired) electrons. The molecule has 1 aliphatic rings. The first-order valence-electron chi connectivity index (χ1n) is 10.9. The number of anilines is 1. The zero-order valence-electron chi connectivity index (χ0n) is 18.6. The van der Waals surface area contributed by atoms with Gasteiger partial charge in [-0.1, -0.05) is 38.8 Å². The predicted octanol–water partition coefficient (Wildman–Crippen LogP) is 4.17. The lowest BCUT2D eigenvalue weighted by atomic mass is 9.80. The Hall–Kier alpha value is -2.70. The number of unbranched alkanes of at least 4 members (excludes halogenated alkanes) is 2. The van der Waals surface area contributed by atoms with E-state index in [1.807, 2.05) is 27.9 Å². The molecule has 3 rings (SSSR count). The molecule has 0 saturated carbocycles. The van der Waals surface area contributed by atoms with Crippen LogP contribution in [0.1, 0.15) is 81.0 Å². The Morgan fingerprint density at radius 2 is 1.97 bits per heavy atom. The van der Waals surface area contributed by atoms with Gasteiger partial charge in [-0.3, -0.25) is 4.79 Å². The Morgan fingerprint density at radius 3 is 2.60 bits per heavy atom. The van der Waals surface area contributed by atoms with Crippen LogP contribution in [-0.4, -0.2) is 40.0 Å². The van der Waals surface area contributed by atoms with Gasteiger partial charge in [0.25, 0.3) is 0 Å². The normalized spacial score (nSPS) is 20.7. The topological polar surface area (TPSA) is 77.3 Å².